The summed E-state index contributed by atoms with van der Waals surface area (Å²) in [6.45, 7) is 1.02. The van der Waals surface area contributed by atoms with E-state index < -0.39 is 24.4 Å². The number of nitrogens with zero attached hydrogens (tertiary/aromatic N) is 4. The fraction of sp³-hybridized carbons (Fsp3) is 0.176. The van der Waals surface area contributed by atoms with Crippen LogP contribution in [0.3, 0.4) is 0 Å². The molecule has 0 saturated heterocycles. The number of hydrogen-bond donors (Lipinski definition) is 1. The molecule has 3 aromatic rings. The highest BCUT2D eigenvalue weighted by molar-refractivity contribution is 6.03. The van der Waals surface area contributed by atoms with Crippen LogP contribution in [0.15, 0.2) is 47.1 Å². The molecule has 0 unspecified atom stereocenters. The predicted octanol–water partition coefficient (Wildman–Crippen LogP) is 0.741. The van der Waals surface area contributed by atoms with Crippen LogP contribution >= 0.6 is 0 Å². The van der Waals surface area contributed by atoms with Crippen LogP contribution in [0.5, 0.6) is 0 Å². The Morgan fingerprint density at radius 3 is 2.67 bits per heavy atom. The molecule has 0 bridgehead atoms. The van der Waals surface area contributed by atoms with Crippen molar-refractivity contribution in [3.05, 3.63) is 54.0 Å². The van der Waals surface area contributed by atoms with Gasteiger partial charge in [-0.1, -0.05) is 29.8 Å². The number of esters is 1. The van der Waals surface area contributed by atoms with Gasteiger partial charge in [0.05, 0.1) is 6.26 Å². The van der Waals surface area contributed by atoms with E-state index in [9.17, 15) is 14.4 Å². The highest BCUT2D eigenvalue weighted by atomic mass is 16.5. The highest BCUT2D eigenvalue weighted by Crippen LogP contribution is 2.13. The van der Waals surface area contributed by atoms with Crippen LogP contribution in [0.25, 0.3) is 11.4 Å². The lowest BCUT2D eigenvalue weighted by Crippen LogP contribution is -2.34. The molecule has 0 fully saturated rings. The van der Waals surface area contributed by atoms with Gasteiger partial charge in [0, 0.05) is 5.56 Å². The molecule has 2 heterocycles. The molecule has 0 radical (unpaired) electrons. The van der Waals surface area contributed by atoms with Gasteiger partial charge in [-0.05, 0) is 24.3 Å². The molecule has 2 aromatic heterocycles. The summed E-state index contributed by atoms with van der Waals surface area (Å²) in [6.07, 6.45) is 1.30. The first kappa shape index (κ1) is 18.0. The van der Waals surface area contributed by atoms with Gasteiger partial charge in [0.2, 0.25) is 5.82 Å². The van der Waals surface area contributed by atoms with Crippen LogP contribution < -0.4 is 5.32 Å². The zero-order chi connectivity index (χ0) is 19.2. The average molecular weight is 369 g/mol. The van der Waals surface area contributed by atoms with E-state index in [0.717, 1.165) is 15.9 Å². The molecule has 0 aliphatic heterocycles. The largest absolute Gasteiger partial charge is 0.459 e. The first-order valence-corrected chi connectivity index (χ1v) is 7.89. The molecule has 0 aliphatic rings. The highest BCUT2D eigenvalue weighted by Gasteiger charge is 2.15. The zero-order valence-electron chi connectivity index (χ0n) is 14.3. The summed E-state index contributed by atoms with van der Waals surface area (Å²) in [7, 11) is 0. The van der Waals surface area contributed by atoms with Crippen LogP contribution in [-0.4, -0.2) is 44.6 Å². The Morgan fingerprint density at radius 1 is 1.19 bits per heavy atom. The summed E-state index contributed by atoms with van der Waals surface area (Å²) in [5.74, 6) is -1.91. The van der Waals surface area contributed by atoms with E-state index in [-0.39, 0.29) is 12.3 Å². The number of tetrazole rings is 1. The maximum absolute atomic E-state index is 11.8. The van der Waals surface area contributed by atoms with E-state index >= 15 is 0 Å². The van der Waals surface area contributed by atoms with Gasteiger partial charge in [-0.15, -0.1) is 10.2 Å². The van der Waals surface area contributed by atoms with E-state index in [0.29, 0.717) is 5.82 Å². The minimum atomic E-state index is -0.781. The van der Waals surface area contributed by atoms with E-state index in [2.05, 4.69) is 15.4 Å². The molecule has 0 saturated carbocycles. The third-order valence-corrected chi connectivity index (χ3v) is 3.40. The number of ether oxygens (including phenoxy) is 1. The lowest BCUT2D eigenvalue weighted by Gasteiger charge is -2.04. The van der Waals surface area contributed by atoms with E-state index in [4.69, 9.17) is 9.15 Å². The van der Waals surface area contributed by atoms with Gasteiger partial charge in [0.15, 0.2) is 18.9 Å². The molecular weight excluding hydrogens is 354 g/mol. The second-order valence-corrected chi connectivity index (χ2v) is 5.52. The Kier molecular flexibility index (Phi) is 5.36. The van der Waals surface area contributed by atoms with Crippen LogP contribution in [0.4, 0.5) is 0 Å². The normalized spacial score (nSPS) is 10.4. The number of benzene rings is 1. The molecule has 0 atom stereocenters. The van der Waals surface area contributed by atoms with Gasteiger partial charge >= 0.3 is 5.97 Å². The maximum atomic E-state index is 11.8. The molecule has 1 aromatic carbocycles. The molecule has 27 heavy (non-hydrogen) atoms. The minimum Gasteiger partial charge on any atom is -0.459 e. The first-order valence-electron chi connectivity index (χ1n) is 7.89. The van der Waals surface area contributed by atoms with Crippen molar-refractivity contribution in [3.8, 4) is 11.4 Å². The standard InChI is InChI=1S/C17H15N5O5/c1-11-4-6-12(7-5-11)16-19-21-22(20-16)9-15(24)27-10-14(23)18-17(25)13-3-2-8-26-13/h2-8H,9-10H2,1H3,(H,18,23,25). The topological polar surface area (TPSA) is 129 Å². The number of aromatic nitrogens is 4. The summed E-state index contributed by atoms with van der Waals surface area (Å²) < 4.78 is 9.64. The Hall–Kier alpha value is -3.82. The van der Waals surface area contributed by atoms with Gasteiger partial charge in [-0.3, -0.25) is 14.9 Å². The van der Waals surface area contributed by atoms with Crippen molar-refractivity contribution in [2.24, 2.45) is 0 Å². The maximum Gasteiger partial charge on any atom is 0.330 e. The van der Waals surface area contributed by atoms with Gasteiger partial charge < -0.3 is 9.15 Å². The molecule has 2 amide bonds. The van der Waals surface area contributed by atoms with Crippen LogP contribution in [0, 0.1) is 6.92 Å². The number of furan rings is 1. The molecule has 138 valence electrons. The second-order valence-electron chi connectivity index (χ2n) is 5.52. The fourth-order valence-corrected chi connectivity index (χ4v) is 2.07. The number of rotatable bonds is 6. The lowest BCUT2D eigenvalue weighted by atomic mass is 10.1. The molecule has 0 aliphatic carbocycles. The Labute approximate surface area is 153 Å². The number of aryl methyl sites for hydroxylation is 1. The molecule has 10 heteroatoms. The molecule has 3 rings (SSSR count). The average Bonchev–Trinajstić information content (AvgIpc) is 3.33. The van der Waals surface area contributed by atoms with E-state index in [1.165, 1.54) is 18.4 Å². The molecule has 10 nitrogen and oxygen atoms in total. The Bertz CT molecular complexity index is 947. The van der Waals surface area contributed by atoms with E-state index in [1.807, 2.05) is 36.5 Å². The van der Waals surface area contributed by atoms with Crippen molar-refractivity contribution in [2.75, 3.05) is 6.61 Å². The van der Waals surface area contributed by atoms with Crippen LogP contribution in [0.1, 0.15) is 16.1 Å². The summed E-state index contributed by atoms with van der Waals surface area (Å²) in [4.78, 5) is 36.1. The number of amides is 2. The zero-order valence-corrected chi connectivity index (χ0v) is 14.3. The first-order chi connectivity index (χ1) is 13.0. The monoisotopic (exact) mass is 369 g/mol. The van der Waals surface area contributed by atoms with Crippen molar-refractivity contribution in [2.45, 2.75) is 13.5 Å². The van der Waals surface area contributed by atoms with Crippen molar-refractivity contribution in [1.29, 1.82) is 0 Å². The van der Waals surface area contributed by atoms with Crippen LogP contribution in [-0.2, 0) is 20.9 Å². The van der Waals surface area contributed by atoms with Crippen molar-refractivity contribution in [1.82, 2.24) is 25.5 Å². The number of carbonyl (C=O) groups is 3. The summed E-state index contributed by atoms with van der Waals surface area (Å²) >= 11 is 0. The summed E-state index contributed by atoms with van der Waals surface area (Å²) in [5, 5.41) is 13.8. The lowest BCUT2D eigenvalue weighted by molar-refractivity contribution is -0.149. The van der Waals surface area contributed by atoms with Crippen LogP contribution in [0.2, 0.25) is 0 Å². The van der Waals surface area contributed by atoms with Crippen molar-refractivity contribution >= 4 is 17.8 Å². The number of hydrogen-bond acceptors (Lipinski definition) is 8. The quantitative estimate of drug-likeness (QED) is 0.630. The molecular formula is C17H15N5O5. The third-order valence-electron chi connectivity index (χ3n) is 3.40. The van der Waals surface area contributed by atoms with Gasteiger partial charge in [0.1, 0.15) is 0 Å². The predicted molar refractivity (Wildman–Crippen MR) is 90.1 cm³/mol. The van der Waals surface area contributed by atoms with Crippen molar-refractivity contribution in [3.63, 3.8) is 0 Å². The van der Waals surface area contributed by atoms with Gasteiger partial charge in [-0.2, -0.15) is 4.80 Å². The Morgan fingerprint density at radius 2 is 1.96 bits per heavy atom. The van der Waals surface area contributed by atoms with E-state index in [1.54, 1.807) is 0 Å². The second kappa shape index (κ2) is 8.04. The minimum absolute atomic E-state index is 0.0230. The number of carbonyl (C=O) groups excluding carboxylic acids is 3. The SMILES string of the molecule is Cc1ccc(-c2nnn(CC(=O)OCC(=O)NC(=O)c3ccco3)n2)cc1. The smallest absolute Gasteiger partial charge is 0.330 e. The summed E-state index contributed by atoms with van der Waals surface area (Å²) in [5.41, 5.74) is 1.86. The fourth-order valence-electron chi connectivity index (χ4n) is 2.07. The van der Waals surface area contributed by atoms with Crippen molar-refractivity contribution < 1.29 is 23.5 Å². The number of nitrogens with one attached hydrogen (secondary N) is 1. The number of imide groups is 1. The molecule has 0 spiro atoms. The van der Waals surface area contributed by atoms with Gasteiger partial charge in [0.25, 0.3) is 11.8 Å². The Balaban J connectivity index is 1.47. The third kappa shape index (κ3) is 4.84. The molecule has 1 N–H and O–H groups in total. The summed E-state index contributed by atoms with van der Waals surface area (Å²) in [6, 6.07) is 10.4. The van der Waals surface area contributed by atoms with Gasteiger partial charge in [-0.25, -0.2) is 4.79 Å².